The molecule has 0 aliphatic heterocycles. The highest BCUT2D eigenvalue weighted by atomic mass is 35.6. The molecule has 0 saturated heterocycles. The van der Waals surface area contributed by atoms with Crippen LogP contribution in [0.2, 0.25) is 0 Å². The molecule has 0 aromatic heterocycles. The fourth-order valence-corrected chi connectivity index (χ4v) is 2.37. The van der Waals surface area contributed by atoms with Crippen molar-refractivity contribution in [2.75, 3.05) is 6.54 Å². The molecule has 0 saturated carbocycles. The Morgan fingerprint density at radius 3 is 1.86 bits per heavy atom. The topological polar surface area (TPSA) is 3.24 Å². The Morgan fingerprint density at radius 2 is 1.86 bits per heavy atom. The van der Waals surface area contributed by atoms with Gasteiger partial charge in [-0.15, -0.1) is 22.2 Å². The third kappa shape index (κ3) is 3.55. The van der Waals surface area contributed by atoms with Gasteiger partial charge in [-0.25, -0.2) is 0 Å². The molecule has 0 unspecified atom stereocenters. The lowest BCUT2D eigenvalue weighted by atomic mass is 10.8. The summed E-state index contributed by atoms with van der Waals surface area (Å²) >= 11 is 10.9. The van der Waals surface area contributed by atoms with Crippen molar-refractivity contribution in [2.24, 2.45) is 0 Å². The summed E-state index contributed by atoms with van der Waals surface area (Å²) in [5.41, 5.74) is 0. The number of hydrogen-bond donors (Lipinski definition) is 0. The Balaban J connectivity index is 2.99. The highest BCUT2D eigenvalue weighted by molar-refractivity contribution is 7.02. The summed E-state index contributed by atoms with van der Waals surface area (Å²) in [5, 5.41) is 0. The fourth-order valence-electron chi connectivity index (χ4n) is 0.135. The van der Waals surface area contributed by atoms with Crippen molar-refractivity contribution in [2.45, 2.75) is 6.92 Å². The van der Waals surface area contributed by atoms with E-state index in [4.69, 9.17) is 22.2 Å². The Hall–Kier alpha value is 0.974. The molecule has 40 valence electrons. The van der Waals surface area contributed by atoms with E-state index >= 15 is 0 Å². The molecular formula is C2H5Cl2NSi2. The predicted octanol–water partition coefficient (Wildman–Crippen LogP) is 0.854. The van der Waals surface area contributed by atoms with Crippen molar-refractivity contribution in [3.05, 3.63) is 0 Å². The van der Waals surface area contributed by atoms with Gasteiger partial charge in [0.15, 0.2) is 0 Å². The Labute approximate surface area is 58.2 Å². The molecule has 5 heteroatoms. The van der Waals surface area contributed by atoms with Crippen LogP contribution in [0.15, 0.2) is 0 Å². The second-order valence-electron chi connectivity index (χ2n) is 0.913. The van der Waals surface area contributed by atoms with E-state index < -0.39 is 0 Å². The molecule has 0 rings (SSSR count). The summed E-state index contributed by atoms with van der Waals surface area (Å²) in [7, 11) is 0.670. The van der Waals surface area contributed by atoms with E-state index in [1.54, 1.807) is 0 Å². The Kier molecular flexibility index (Phi) is 5.83. The van der Waals surface area contributed by atoms with Crippen LogP contribution in [0, 0.1) is 0 Å². The molecule has 0 amide bonds. The van der Waals surface area contributed by atoms with Crippen LogP contribution in [0.25, 0.3) is 0 Å². The summed E-state index contributed by atoms with van der Waals surface area (Å²) in [6, 6.07) is 0. The standard InChI is InChI=1S/C2H5Cl2NSi2/c1-2-5(6-3)7-4/h2H2,1H3. The molecule has 7 heavy (non-hydrogen) atoms. The highest BCUT2D eigenvalue weighted by Crippen LogP contribution is 1.85. The lowest BCUT2D eigenvalue weighted by molar-refractivity contribution is 0.736. The normalized spacial score (nSPS) is 10.3. The molecule has 0 fully saturated rings. The third-order valence-electron chi connectivity index (χ3n) is 0.520. The van der Waals surface area contributed by atoms with E-state index in [0.717, 1.165) is 6.54 Å². The van der Waals surface area contributed by atoms with Crippen LogP contribution in [-0.2, 0) is 0 Å². The largest absolute Gasteiger partial charge is 0.323 e. The van der Waals surface area contributed by atoms with Crippen LogP contribution in [0.3, 0.4) is 0 Å². The molecule has 0 heterocycles. The average Bonchev–Trinajstić information content (AvgIpc) is 1.72. The quantitative estimate of drug-likeness (QED) is 0.448. The van der Waals surface area contributed by atoms with Crippen molar-refractivity contribution in [3.8, 4) is 0 Å². The zero-order chi connectivity index (χ0) is 5.70. The van der Waals surface area contributed by atoms with Gasteiger partial charge in [0.2, 0.25) is 0 Å². The molecule has 0 atom stereocenters. The van der Waals surface area contributed by atoms with E-state index in [-0.39, 0.29) is 0 Å². The number of nitrogens with zero attached hydrogens (tertiary/aromatic N) is 1. The monoisotopic (exact) mass is 169 g/mol. The van der Waals surface area contributed by atoms with Crippen LogP contribution >= 0.6 is 22.2 Å². The first-order valence-electron chi connectivity index (χ1n) is 1.85. The van der Waals surface area contributed by atoms with Crippen LogP contribution in [-0.4, -0.2) is 28.8 Å². The summed E-state index contributed by atoms with van der Waals surface area (Å²) in [6.45, 7) is 2.98. The van der Waals surface area contributed by atoms with Gasteiger partial charge in [0.05, 0.1) is 0 Å². The molecule has 0 aliphatic rings. The first kappa shape index (κ1) is 7.97. The minimum Gasteiger partial charge on any atom is -0.323 e. The van der Waals surface area contributed by atoms with Crippen molar-refractivity contribution in [1.82, 2.24) is 4.23 Å². The predicted molar refractivity (Wildman–Crippen MR) is 35.6 cm³/mol. The van der Waals surface area contributed by atoms with Gasteiger partial charge in [-0.1, -0.05) is 6.92 Å². The molecule has 0 aromatic rings. The summed E-state index contributed by atoms with van der Waals surface area (Å²) in [6.07, 6.45) is 0. The second-order valence-corrected chi connectivity index (χ2v) is 3.79. The molecule has 0 aromatic carbocycles. The summed E-state index contributed by atoms with van der Waals surface area (Å²) < 4.78 is 1.96. The molecular weight excluding hydrogens is 165 g/mol. The van der Waals surface area contributed by atoms with E-state index in [9.17, 15) is 0 Å². The zero-order valence-electron chi connectivity index (χ0n) is 3.91. The molecule has 0 spiro atoms. The molecule has 0 aliphatic carbocycles. The van der Waals surface area contributed by atoms with Gasteiger partial charge in [-0.05, 0) is 6.54 Å². The smallest absolute Gasteiger partial charge is 0.266 e. The summed E-state index contributed by atoms with van der Waals surface area (Å²) in [4.78, 5) is 0. The van der Waals surface area contributed by atoms with Gasteiger partial charge in [0.25, 0.3) is 18.0 Å². The minimum atomic E-state index is 0.335. The minimum absolute atomic E-state index is 0.335. The van der Waals surface area contributed by atoms with Gasteiger partial charge in [0.1, 0.15) is 0 Å². The van der Waals surface area contributed by atoms with E-state index in [2.05, 4.69) is 0 Å². The van der Waals surface area contributed by atoms with Crippen LogP contribution < -0.4 is 0 Å². The first-order chi connectivity index (χ1) is 3.35. The SMILES string of the molecule is CCN([Si]Cl)[Si]Cl. The Morgan fingerprint density at radius 1 is 1.43 bits per heavy atom. The average molecular weight is 170 g/mol. The van der Waals surface area contributed by atoms with Gasteiger partial charge in [-0.3, -0.25) is 0 Å². The molecule has 1 nitrogen and oxygen atoms in total. The fraction of sp³-hybridized carbons (Fsp3) is 1.00. The van der Waals surface area contributed by atoms with Crippen molar-refractivity contribution >= 4 is 40.1 Å². The van der Waals surface area contributed by atoms with Crippen LogP contribution in [0.5, 0.6) is 0 Å². The highest BCUT2D eigenvalue weighted by Gasteiger charge is 1.97. The van der Waals surface area contributed by atoms with Gasteiger partial charge < -0.3 is 4.23 Å². The number of rotatable bonds is 3. The van der Waals surface area contributed by atoms with Gasteiger partial charge >= 0.3 is 0 Å². The number of halogens is 2. The molecule has 0 bridgehead atoms. The maximum absolute atomic E-state index is 5.44. The maximum atomic E-state index is 5.44. The van der Waals surface area contributed by atoms with Crippen molar-refractivity contribution in [3.63, 3.8) is 0 Å². The van der Waals surface area contributed by atoms with Crippen LogP contribution in [0.4, 0.5) is 0 Å². The number of hydrogen-bond acceptors (Lipinski definition) is 1. The van der Waals surface area contributed by atoms with Crippen molar-refractivity contribution < 1.29 is 0 Å². The maximum Gasteiger partial charge on any atom is 0.266 e. The lowest BCUT2D eigenvalue weighted by Gasteiger charge is -2.07. The summed E-state index contributed by atoms with van der Waals surface area (Å²) in [5.74, 6) is 0. The molecule has 0 N–H and O–H groups in total. The lowest BCUT2D eigenvalue weighted by Crippen LogP contribution is -2.25. The Bertz CT molecular complexity index is 35.2. The second kappa shape index (κ2) is 5.12. The van der Waals surface area contributed by atoms with E-state index in [1.165, 1.54) is 0 Å². The van der Waals surface area contributed by atoms with Gasteiger partial charge in [0, 0.05) is 0 Å². The molecule has 4 radical (unpaired) electrons. The van der Waals surface area contributed by atoms with E-state index in [1.807, 2.05) is 11.2 Å². The third-order valence-corrected chi connectivity index (χ3v) is 4.31. The van der Waals surface area contributed by atoms with E-state index in [0.29, 0.717) is 18.0 Å². The first-order valence-corrected chi connectivity index (χ1v) is 5.77. The zero-order valence-corrected chi connectivity index (χ0v) is 7.42. The van der Waals surface area contributed by atoms with Crippen molar-refractivity contribution in [1.29, 1.82) is 0 Å². The van der Waals surface area contributed by atoms with Gasteiger partial charge in [-0.2, -0.15) is 0 Å². The van der Waals surface area contributed by atoms with Crippen LogP contribution in [0.1, 0.15) is 6.92 Å².